The lowest BCUT2D eigenvalue weighted by Gasteiger charge is -2.12. The van der Waals surface area contributed by atoms with Gasteiger partial charge < -0.3 is 14.6 Å². The van der Waals surface area contributed by atoms with Crippen molar-refractivity contribution < 1.29 is 19.4 Å². The largest absolute Gasteiger partial charge is 0.489 e. The van der Waals surface area contributed by atoms with Crippen molar-refractivity contribution in [1.82, 2.24) is 0 Å². The molecule has 6 heteroatoms. The van der Waals surface area contributed by atoms with Crippen LogP contribution in [0.4, 0.5) is 0 Å². The van der Waals surface area contributed by atoms with Gasteiger partial charge in [0.25, 0.3) is 0 Å². The van der Waals surface area contributed by atoms with Crippen molar-refractivity contribution in [2.75, 3.05) is 0 Å². The molecule has 0 saturated heterocycles. The number of hydrogen-bond acceptors (Lipinski definition) is 3. The zero-order valence-corrected chi connectivity index (χ0v) is 16.6. The van der Waals surface area contributed by atoms with Gasteiger partial charge in [0, 0.05) is 27.2 Å². The van der Waals surface area contributed by atoms with Gasteiger partial charge in [-0.1, -0.05) is 53.5 Å². The minimum atomic E-state index is -0.964. The van der Waals surface area contributed by atoms with Crippen LogP contribution in [0.3, 0.4) is 0 Å². The van der Waals surface area contributed by atoms with Crippen molar-refractivity contribution in [1.29, 1.82) is 0 Å². The maximum atomic E-state index is 11.5. The van der Waals surface area contributed by atoms with E-state index in [4.69, 9.17) is 32.7 Å². The standard InChI is InChI=1S/C22H18Cl2O4/c1-14-4-2-5-16(21(14)22(25)26)13-28-19-7-3-6-18(11-19)27-12-15-8-9-17(23)10-20(15)24/h2-11H,12-13H2,1H3,(H,25,26). The van der Waals surface area contributed by atoms with Crippen LogP contribution >= 0.6 is 23.2 Å². The molecule has 3 aromatic carbocycles. The Labute approximate surface area is 173 Å². The van der Waals surface area contributed by atoms with E-state index in [-0.39, 0.29) is 12.2 Å². The molecule has 0 heterocycles. The minimum absolute atomic E-state index is 0.149. The lowest BCUT2D eigenvalue weighted by molar-refractivity contribution is 0.0693. The van der Waals surface area contributed by atoms with Gasteiger partial charge >= 0.3 is 5.97 Å². The van der Waals surface area contributed by atoms with Crippen LogP contribution in [-0.2, 0) is 13.2 Å². The minimum Gasteiger partial charge on any atom is -0.489 e. The average Bonchev–Trinajstić information content (AvgIpc) is 2.65. The van der Waals surface area contributed by atoms with Crippen LogP contribution in [0.5, 0.6) is 11.5 Å². The number of halogens is 2. The van der Waals surface area contributed by atoms with Crippen LogP contribution in [0.15, 0.2) is 60.7 Å². The Balaban J connectivity index is 1.67. The Bertz CT molecular complexity index is 1000. The van der Waals surface area contributed by atoms with E-state index >= 15 is 0 Å². The fourth-order valence-corrected chi connectivity index (χ4v) is 3.23. The summed E-state index contributed by atoms with van der Waals surface area (Å²) in [4.78, 5) is 11.5. The lowest BCUT2D eigenvalue weighted by Crippen LogP contribution is -2.07. The van der Waals surface area contributed by atoms with E-state index < -0.39 is 5.97 Å². The molecule has 0 saturated carbocycles. The number of aryl methyl sites for hydroxylation is 1. The first-order valence-corrected chi connectivity index (χ1v) is 9.31. The van der Waals surface area contributed by atoms with Gasteiger partial charge in [0.2, 0.25) is 0 Å². The van der Waals surface area contributed by atoms with Crippen molar-refractivity contribution in [3.05, 3.63) is 93.0 Å². The lowest BCUT2D eigenvalue weighted by atomic mass is 10.0. The third-order valence-electron chi connectivity index (χ3n) is 4.18. The molecule has 4 nitrogen and oxygen atoms in total. The van der Waals surface area contributed by atoms with Crippen molar-refractivity contribution in [2.45, 2.75) is 20.1 Å². The molecule has 0 aliphatic rings. The molecule has 0 bridgehead atoms. The number of hydrogen-bond donors (Lipinski definition) is 1. The van der Waals surface area contributed by atoms with Crippen LogP contribution < -0.4 is 9.47 Å². The molecular weight excluding hydrogens is 399 g/mol. The summed E-state index contributed by atoms with van der Waals surface area (Å²) in [7, 11) is 0. The van der Waals surface area contributed by atoms with Gasteiger partial charge in [0.05, 0.1) is 5.56 Å². The molecule has 0 amide bonds. The number of carbonyl (C=O) groups is 1. The maximum Gasteiger partial charge on any atom is 0.336 e. The quantitative estimate of drug-likeness (QED) is 0.500. The second-order valence-electron chi connectivity index (χ2n) is 6.20. The Morgan fingerprint density at radius 3 is 2.18 bits per heavy atom. The second-order valence-corrected chi connectivity index (χ2v) is 7.05. The number of rotatable bonds is 7. The zero-order valence-electron chi connectivity index (χ0n) is 15.1. The topological polar surface area (TPSA) is 55.8 Å². The summed E-state index contributed by atoms with van der Waals surface area (Å²) in [6.45, 7) is 2.21. The molecular formula is C22H18Cl2O4. The zero-order chi connectivity index (χ0) is 20.1. The molecule has 0 radical (unpaired) electrons. The highest BCUT2D eigenvalue weighted by Gasteiger charge is 2.13. The van der Waals surface area contributed by atoms with Crippen molar-refractivity contribution >= 4 is 29.2 Å². The molecule has 1 N–H and O–H groups in total. The Hall–Kier alpha value is -2.69. The second kappa shape index (κ2) is 9.00. The summed E-state index contributed by atoms with van der Waals surface area (Å²) in [5, 5.41) is 10.5. The van der Waals surface area contributed by atoms with E-state index in [0.29, 0.717) is 39.3 Å². The third kappa shape index (κ3) is 4.97. The van der Waals surface area contributed by atoms with Crippen molar-refractivity contribution in [3.8, 4) is 11.5 Å². The number of aromatic carboxylic acids is 1. The van der Waals surface area contributed by atoms with Gasteiger partial charge in [0.1, 0.15) is 24.7 Å². The SMILES string of the molecule is Cc1cccc(COc2cccc(OCc3ccc(Cl)cc3Cl)c2)c1C(=O)O. The molecule has 144 valence electrons. The van der Waals surface area contributed by atoms with Crippen LogP contribution in [0, 0.1) is 6.92 Å². The van der Waals surface area contributed by atoms with Crippen molar-refractivity contribution in [3.63, 3.8) is 0 Å². The highest BCUT2D eigenvalue weighted by molar-refractivity contribution is 6.35. The number of carboxylic acids is 1. The van der Waals surface area contributed by atoms with E-state index in [9.17, 15) is 9.90 Å². The third-order valence-corrected chi connectivity index (χ3v) is 4.77. The van der Waals surface area contributed by atoms with Crippen molar-refractivity contribution in [2.24, 2.45) is 0 Å². The van der Waals surface area contributed by atoms with Gasteiger partial charge in [0.15, 0.2) is 0 Å². The van der Waals surface area contributed by atoms with E-state index in [1.54, 1.807) is 43.3 Å². The summed E-state index contributed by atoms with van der Waals surface area (Å²) in [5.74, 6) is 0.234. The molecule has 0 aromatic heterocycles. The van der Waals surface area contributed by atoms with E-state index in [2.05, 4.69) is 0 Å². The van der Waals surface area contributed by atoms with E-state index in [1.165, 1.54) is 0 Å². The number of ether oxygens (including phenoxy) is 2. The predicted molar refractivity (Wildman–Crippen MR) is 110 cm³/mol. The van der Waals surface area contributed by atoms with Gasteiger partial charge in [-0.15, -0.1) is 0 Å². The first kappa shape index (κ1) is 20.1. The molecule has 28 heavy (non-hydrogen) atoms. The van der Waals surface area contributed by atoms with Gasteiger partial charge in [-0.25, -0.2) is 4.79 Å². The summed E-state index contributed by atoms with van der Waals surface area (Å²) in [5.41, 5.74) is 2.41. The smallest absolute Gasteiger partial charge is 0.336 e. The van der Waals surface area contributed by atoms with Crippen LogP contribution in [-0.4, -0.2) is 11.1 Å². The maximum absolute atomic E-state index is 11.5. The molecule has 0 unspecified atom stereocenters. The van der Waals surface area contributed by atoms with Crippen LogP contribution in [0.1, 0.15) is 27.0 Å². The van der Waals surface area contributed by atoms with Gasteiger partial charge in [-0.3, -0.25) is 0 Å². The van der Waals surface area contributed by atoms with E-state index in [1.807, 2.05) is 24.3 Å². The first-order chi connectivity index (χ1) is 13.4. The Morgan fingerprint density at radius 2 is 1.54 bits per heavy atom. The molecule has 0 spiro atoms. The van der Waals surface area contributed by atoms with Gasteiger partial charge in [-0.2, -0.15) is 0 Å². The fraction of sp³-hybridized carbons (Fsp3) is 0.136. The summed E-state index contributed by atoms with van der Waals surface area (Å²) < 4.78 is 11.6. The normalized spacial score (nSPS) is 10.5. The molecule has 0 aliphatic carbocycles. The highest BCUT2D eigenvalue weighted by Crippen LogP contribution is 2.25. The molecule has 0 fully saturated rings. The predicted octanol–water partition coefficient (Wildman–Crippen LogP) is 6.16. The summed E-state index contributed by atoms with van der Waals surface area (Å²) in [6.07, 6.45) is 0. The Morgan fingerprint density at radius 1 is 0.893 bits per heavy atom. The van der Waals surface area contributed by atoms with Crippen LogP contribution in [0.25, 0.3) is 0 Å². The monoisotopic (exact) mass is 416 g/mol. The Kier molecular flexibility index (Phi) is 6.45. The number of benzene rings is 3. The number of carboxylic acid groups (broad SMARTS) is 1. The van der Waals surface area contributed by atoms with E-state index in [0.717, 1.165) is 5.56 Å². The van der Waals surface area contributed by atoms with Crippen LogP contribution in [0.2, 0.25) is 10.0 Å². The highest BCUT2D eigenvalue weighted by atomic mass is 35.5. The first-order valence-electron chi connectivity index (χ1n) is 8.55. The molecule has 3 aromatic rings. The molecule has 0 aliphatic heterocycles. The summed E-state index contributed by atoms with van der Waals surface area (Å²) in [6, 6.07) is 17.7. The fourth-order valence-electron chi connectivity index (χ4n) is 2.77. The molecule has 3 rings (SSSR count). The molecule has 0 atom stereocenters. The van der Waals surface area contributed by atoms with Gasteiger partial charge in [-0.05, 0) is 36.8 Å². The average molecular weight is 417 g/mol. The summed E-state index contributed by atoms with van der Waals surface area (Å²) >= 11 is 12.1.